The van der Waals surface area contributed by atoms with Crippen LogP contribution in [0.5, 0.6) is 0 Å². The van der Waals surface area contributed by atoms with Crippen LogP contribution < -0.4 is 5.32 Å². The summed E-state index contributed by atoms with van der Waals surface area (Å²) < 4.78 is 13.0. The van der Waals surface area contributed by atoms with Crippen LogP contribution in [0.4, 0.5) is 9.39 Å². The maximum Gasteiger partial charge on any atom is 0.133 e. The van der Waals surface area contributed by atoms with Crippen LogP contribution in [0.2, 0.25) is 0 Å². The zero-order valence-electron chi connectivity index (χ0n) is 11.7. The molecule has 2 nitrogen and oxygen atoms in total. The number of rotatable bonds is 2. The van der Waals surface area contributed by atoms with Crippen LogP contribution in [0.1, 0.15) is 11.1 Å². The van der Waals surface area contributed by atoms with Crippen LogP contribution in [0, 0.1) is 5.82 Å². The molecule has 108 valence electrons. The van der Waals surface area contributed by atoms with Gasteiger partial charge in [-0.3, -0.25) is 4.99 Å². The second-order valence-corrected chi connectivity index (χ2v) is 6.18. The first-order valence-corrected chi connectivity index (χ1v) is 7.87. The number of amidine groups is 1. The third-order valence-electron chi connectivity index (χ3n) is 3.62. The van der Waals surface area contributed by atoms with Crippen LogP contribution in [-0.4, -0.2) is 5.84 Å². The van der Waals surface area contributed by atoms with E-state index in [1.807, 2.05) is 42.5 Å². The maximum absolute atomic E-state index is 13.0. The molecule has 0 amide bonds. The van der Waals surface area contributed by atoms with E-state index in [0.717, 1.165) is 26.8 Å². The van der Waals surface area contributed by atoms with E-state index in [9.17, 15) is 4.39 Å². The highest BCUT2D eigenvalue weighted by atomic mass is 32.1. The monoisotopic (exact) mass is 308 g/mol. The highest BCUT2D eigenvalue weighted by Crippen LogP contribution is 2.37. The number of nitrogens with zero attached hydrogens (tertiary/aromatic N) is 1. The Hall–Kier alpha value is -2.46. The quantitative estimate of drug-likeness (QED) is 0.713. The van der Waals surface area contributed by atoms with Gasteiger partial charge in [0.15, 0.2) is 0 Å². The Kier molecular flexibility index (Phi) is 3.24. The summed E-state index contributed by atoms with van der Waals surface area (Å²) in [7, 11) is 0. The SMILES string of the molecule is Fc1ccc(-c2cc3c(s2)NC(c2ccccc2)=NC3)cc1. The predicted molar refractivity (Wildman–Crippen MR) is 90.0 cm³/mol. The van der Waals surface area contributed by atoms with Crippen molar-refractivity contribution in [1.82, 2.24) is 0 Å². The van der Waals surface area contributed by atoms with E-state index in [1.54, 1.807) is 11.3 Å². The summed E-state index contributed by atoms with van der Waals surface area (Å²) in [5, 5.41) is 4.53. The largest absolute Gasteiger partial charge is 0.331 e. The molecule has 0 bridgehead atoms. The van der Waals surface area contributed by atoms with E-state index in [4.69, 9.17) is 0 Å². The van der Waals surface area contributed by atoms with Gasteiger partial charge in [-0.1, -0.05) is 42.5 Å². The zero-order chi connectivity index (χ0) is 14.9. The Labute approximate surface area is 132 Å². The van der Waals surface area contributed by atoms with Crippen molar-refractivity contribution >= 4 is 22.2 Å². The summed E-state index contributed by atoms with van der Waals surface area (Å²) in [6, 6.07) is 18.8. The van der Waals surface area contributed by atoms with Crippen molar-refractivity contribution < 1.29 is 4.39 Å². The van der Waals surface area contributed by atoms with Crippen molar-refractivity contribution in [3.05, 3.63) is 77.6 Å². The van der Waals surface area contributed by atoms with Gasteiger partial charge in [0.25, 0.3) is 0 Å². The van der Waals surface area contributed by atoms with Gasteiger partial charge < -0.3 is 5.32 Å². The van der Waals surface area contributed by atoms with E-state index in [1.165, 1.54) is 17.7 Å². The Morgan fingerprint density at radius 1 is 0.955 bits per heavy atom. The first-order chi connectivity index (χ1) is 10.8. The molecule has 22 heavy (non-hydrogen) atoms. The molecule has 1 N–H and O–H groups in total. The average Bonchev–Trinajstić information content (AvgIpc) is 2.99. The summed E-state index contributed by atoms with van der Waals surface area (Å²) in [6.45, 7) is 0.671. The maximum atomic E-state index is 13.0. The summed E-state index contributed by atoms with van der Waals surface area (Å²) in [4.78, 5) is 5.74. The zero-order valence-corrected chi connectivity index (χ0v) is 12.5. The van der Waals surface area contributed by atoms with E-state index in [2.05, 4.69) is 16.4 Å². The van der Waals surface area contributed by atoms with Gasteiger partial charge in [-0.25, -0.2) is 4.39 Å². The molecule has 0 unspecified atom stereocenters. The lowest BCUT2D eigenvalue weighted by atomic mass is 10.1. The number of fused-ring (bicyclic) bond motifs is 1. The minimum atomic E-state index is -0.210. The third kappa shape index (κ3) is 2.42. The number of benzene rings is 2. The van der Waals surface area contributed by atoms with Gasteiger partial charge in [-0.2, -0.15) is 0 Å². The van der Waals surface area contributed by atoms with Gasteiger partial charge in [0.05, 0.1) is 11.5 Å². The molecular formula is C18H13FN2S. The van der Waals surface area contributed by atoms with Gasteiger partial charge in [0, 0.05) is 16.0 Å². The number of nitrogens with one attached hydrogen (secondary N) is 1. The number of hydrogen-bond acceptors (Lipinski definition) is 3. The summed E-state index contributed by atoms with van der Waals surface area (Å²) in [6.07, 6.45) is 0. The van der Waals surface area contributed by atoms with E-state index < -0.39 is 0 Å². The molecule has 0 fully saturated rings. The molecule has 2 heterocycles. The van der Waals surface area contributed by atoms with Crippen molar-refractivity contribution in [2.45, 2.75) is 6.54 Å². The van der Waals surface area contributed by atoms with Crippen molar-refractivity contribution in [2.75, 3.05) is 5.32 Å². The number of hydrogen-bond donors (Lipinski definition) is 1. The average molecular weight is 308 g/mol. The summed E-state index contributed by atoms with van der Waals surface area (Å²) in [5.74, 6) is 0.693. The highest BCUT2D eigenvalue weighted by molar-refractivity contribution is 7.19. The number of aliphatic imine (C=N–C) groups is 1. The lowest BCUT2D eigenvalue weighted by molar-refractivity contribution is 0.628. The van der Waals surface area contributed by atoms with Crippen LogP contribution in [0.15, 0.2) is 65.7 Å². The third-order valence-corrected chi connectivity index (χ3v) is 4.77. The second-order valence-electron chi connectivity index (χ2n) is 5.13. The Morgan fingerprint density at radius 3 is 2.50 bits per heavy atom. The predicted octanol–water partition coefficient (Wildman–Crippen LogP) is 4.93. The molecule has 0 saturated heterocycles. The molecule has 1 aliphatic heterocycles. The van der Waals surface area contributed by atoms with Gasteiger partial charge in [0.2, 0.25) is 0 Å². The van der Waals surface area contributed by atoms with E-state index >= 15 is 0 Å². The smallest absolute Gasteiger partial charge is 0.133 e. The molecular weight excluding hydrogens is 295 g/mol. The normalized spacial score (nSPS) is 13.2. The summed E-state index contributed by atoms with van der Waals surface area (Å²) in [5.41, 5.74) is 3.30. The van der Waals surface area contributed by atoms with Crippen LogP contribution in [0.25, 0.3) is 10.4 Å². The fraction of sp³-hybridized carbons (Fsp3) is 0.0556. The number of anilines is 1. The fourth-order valence-corrected chi connectivity index (χ4v) is 3.56. The van der Waals surface area contributed by atoms with Gasteiger partial charge in [0.1, 0.15) is 11.7 Å². The first kappa shape index (κ1) is 13.2. The van der Waals surface area contributed by atoms with E-state index in [-0.39, 0.29) is 5.82 Å². The van der Waals surface area contributed by atoms with Crippen LogP contribution in [0.3, 0.4) is 0 Å². The molecule has 1 aromatic heterocycles. The van der Waals surface area contributed by atoms with E-state index in [0.29, 0.717) is 6.54 Å². The van der Waals surface area contributed by atoms with Crippen molar-refractivity contribution in [1.29, 1.82) is 0 Å². The minimum absolute atomic E-state index is 0.210. The Morgan fingerprint density at radius 2 is 1.73 bits per heavy atom. The van der Waals surface area contributed by atoms with Crippen LogP contribution in [-0.2, 0) is 6.54 Å². The molecule has 3 aromatic rings. The lowest BCUT2D eigenvalue weighted by Gasteiger charge is -2.14. The second kappa shape index (κ2) is 5.39. The molecule has 0 aliphatic carbocycles. The van der Waals surface area contributed by atoms with Gasteiger partial charge in [-0.05, 0) is 23.8 Å². The van der Waals surface area contributed by atoms with Gasteiger partial charge >= 0.3 is 0 Å². The highest BCUT2D eigenvalue weighted by Gasteiger charge is 2.17. The van der Waals surface area contributed by atoms with Crippen molar-refractivity contribution in [3.63, 3.8) is 0 Å². The van der Waals surface area contributed by atoms with Crippen molar-refractivity contribution in [2.24, 2.45) is 4.99 Å². The number of halogens is 1. The van der Waals surface area contributed by atoms with Crippen LogP contribution >= 0.6 is 11.3 Å². The first-order valence-electron chi connectivity index (χ1n) is 7.05. The van der Waals surface area contributed by atoms with Gasteiger partial charge in [-0.15, -0.1) is 11.3 Å². The molecule has 4 rings (SSSR count). The molecule has 4 heteroatoms. The molecule has 0 saturated carbocycles. The fourth-order valence-electron chi connectivity index (χ4n) is 2.48. The molecule has 0 atom stereocenters. The molecule has 1 aliphatic rings. The molecule has 0 radical (unpaired) electrons. The molecule has 2 aromatic carbocycles. The lowest BCUT2D eigenvalue weighted by Crippen LogP contribution is -2.17. The standard InChI is InChI=1S/C18H13FN2S/c19-15-8-6-12(7-9-15)16-10-14-11-20-17(21-18(14)22-16)13-4-2-1-3-5-13/h1-10H,11H2,(H,20,21). The molecule has 0 spiro atoms. The minimum Gasteiger partial charge on any atom is -0.331 e. The Balaban J connectivity index is 1.64. The number of thiophene rings is 1. The topological polar surface area (TPSA) is 24.4 Å². The summed E-state index contributed by atoms with van der Waals surface area (Å²) >= 11 is 1.68. The van der Waals surface area contributed by atoms with Crippen molar-refractivity contribution in [3.8, 4) is 10.4 Å². The Bertz CT molecular complexity index is 835.